The zero-order valence-corrected chi connectivity index (χ0v) is 20.4. The van der Waals surface area contributed by atoms with E-state index < -0.39 is 0 Å². The maximum absolute atomic E-state index is 12.6. The fourth-order valence-corrected chi connectivity index (χ4v) is 3.91. The number of hydrogen-bond donors (Lipinski definition) is 1. The van der Waals surface area contributed by atoms with E-state index in [9.17, 15) is 9.59 Å². The van der Waals surface area contributed by atoms with E-state index >= 15 is 0 Å². The summed E-state index contributed by atoms with van der Waals surface area (Å²) in [7, 11) is 0. The van der Waals surface area contributed by atoms with Crippen LogP contribution in [0.3, 0.4) is 0 Å². The zero-order chi connectivity index (χ0) is 25.2. The van der Waals surface area contributed by atoms with Crippen LogP contribution in [0, 0.1) is 0 Å². The zero-order valence-electron chi connectivity index (χ0n) is 20.4. The van der Waals surface area contributed by atoms with E-state index in [0.29, 0.717) is 37.5 Å². The molecule has 0 spiro atoms. The van der Waals surface area contributed by atoms with E-state index in [1.54, 1.807) is 25.1 Å². The summed E-state index contributed by atoms with van der Waals surface area (Å²) in [4.78, 5) is 24.0. The molecule has 0 saturated carbocycles. The molecule has 0 unspecified atom stereocenters. The lowest BCUT2D eigenvalue weighted by atomic mass is 10.1. The van der Waals surface area contributed by atoms with E-state index in [0.717, 1.165) is 23.0 Å². The summed E-state index contributed by atoms with van der Waals surface area (Å²) < 4.78 is 12.9. The molecule has 1 heterocycles. The summed E-state index contributed by atoms with van der Waals surface area (Å²) in [6, 6.07) is 25.8. The number of amides is 1. The highest BCUT2D eigenvalue weighted by atomic mass is 16.5. The third kappa shape index (κ3) is 6.85. The molecule has 4 rings (SSSR count). The van der Waals surface area contributed by atoms with Gasteiger partial charge >= 0.3 is 5.97 Å². The summed E-state index contributed by atoms with van der Waals surface area (Å²) in [5, 5.41) is 3.99. The minimum Gasteiger partial charge on any atom is -0.491 e. The molecule has 0 aliphatic heterocycles. The van der Waals surface area contributed by atoms with Gasteiger partial charge in [0.1, 0.15) is 5.75 Å². The Kier molecular flexibility index (Phi) is 8.54. The number of rotatable bonds is 11. The molecule has 1 amide bonds. The Morgan fingerprint density at radius 3 is 2.61 bits per heavy atom. The topological polar surface area (TPSA) is 69.6 Å². The second-order valence-electron chi connectivity index (χ2n) is 8.32. The molecule has 0 bridgehead atoms. The van der Waals surface area contributed by atoms with Crippen molar-refractivity contribution in [1.82, 2.24) is 4.57 Å². The van der Waals surface area contributed by atoms with Gasteiger partial charge in [-0.25, -0.2) is 0 Å². The molecule has 0 saturated heterocycles. The second-order valence-corrected chi connectivity index (χ2v) is 8.32. The highest BCUT2D eigenvalue weighted by molar-refractivity contribution is 6.03. The van der Waals surface area contributed by atoms with Crippen molar-refractivity contribution in [2.75, 3.05) is 18.5 Å². The number of nitrogens with one attached hydrogen (secondary N) is 1. The molecule has 0 aliphatic rings. The number of nitrogens with zero attached hydrogens (tertiary/aromatic N) is 1. The molecule has 4 aromatic rings. The normalized spacial score (nSPS) is 11.0. The smallest absolute Gasteiger partial charge is 0.305 e. The third-order valence-corrected chi connectivity index (χ3v) is 5.65. The number of carbonyl (C=O) groups excluding carboxylic acids is 2. The van der Waals surface area contributed by atoms with Crippen molar-refractivity contribution in [3.05, 3.63) is 102 Å². The quantitative estimate of drug-likeness (QED) is 0.160. The standard InChI is InChI=1S/C30H30N2O4/c1-2-35-30(34)13-8-20-36-28-12-7-6-11-26(28)31-29(33)17-15-23-14-16-27-25(21-23)18-19-32(27)22-24-9-4-3-5-10-24/h3-7,9-12,14-19,21H,2,8,13,20,22H2,1H3,(H,31,33)/b17-15+. The Balaban J connectivity index is 1.34. The number of anilines is 1. The molecule has 3 aromatic carbocycles. The Hall–Kier alpha value is -4.32. The van der Waals surface area contributed by atoms with Gasteiger partial charge in [0, 0.05) is 36.1 Å². The molecule has 0 radical (unpaired) electrons. The lowest BCUT2D eigenvalue weighted by Crippen LogP contribution is -2.10. The van der Waals surface area contributed by atoms with E-state index in [4.69, 9.17) is 9.47 Å². The van der Waals surface area contributed by atoms with Crippen LogP contribution in [0.15, 0.2) is 91.1 Å². The van der Waals surface area contributed by atoms with Crippen LogP contribution in [0.4, 0.5) is 5.69 Å². The van der Waals surface area contributed by atoms with E-state index in [-0.39, 0.29) is 11.9 Å². The molecule has 1 N–H and O–H groups in total. The van der Waals surface area contributed by atoms with Crippen molar-refractivity contribution in [3.63, 3.8) is 0 Å². The summed E-state index contributed by atoms with van der Waals surface area (Å²) in [6.45, 7) is 3.32. The van der Waals surface area contributed by atoms with Gasteiger partial charge in [0.05, 0.1) is 18.9 Å². The SMILES string of the molecule is CCOC(=O)CCCOc1ccccc1NC(=O)/C=C/c1ccc2c(ccn2Cc2ccccc2)c1. The van der Waals surface area contributed by atoms with Crippen molar-refractivity contribution in [3.8, 4) is 5.75 Å². The van der Waals surface area contributed by atoms with Crippen LogP contribution < -0.4 is 10.1 Å². The Morgan fingerprint density at radius 2 is 1.78 bits per heavy atom. The first kappa shape index (κ1) is 24.8. The first-order valence-corrected chi connectivity index (χ1v) is 12.1. The van der Waals surface area contributed by atoms with Crippen molar-refractivity contribution < 1.29 is 19.1 Å². The van der Waals surface area contributed by atoms with Gasteiger partial charge in [-0.3, -0.25) is 9.59 Å². The summed E-state index contributed by atoms with van der Waals surface area (Å²) in [5.41, 5.74) is 3.92. The average molecular weight is 483 g/mol. The molecular weight excluding hydrogens is 452 g/mol. The first-order chi connectivity index (χ1) is 17.6. The number of ether oxygens (including phenoxy) is 2. The van der Waals surface area contributed by atoms with Crippen LogP contribution >= 0.6 is 0 Å². The lowest BCUT2D eigenvalue weighted by molar-refractivity contribution is -0.143. The van der Waals surface area contributed by atoms with Crippen LogP contribution in [0.1, 0.15) is 30.9 Å². The number of para-hydroxylation sites is 2. The van der Waals surface area contributed by atoms with Crippen molar-refractivity contribution >= 4 is 34.5 Å². The van der Waals surface area contributed by atoms with E-state index in [1.165, 1.54) is 11.6 Å². The number of fused-ring (bicyclic) bond motifs is 1. The van der Waals surface area contributed by atoms with E-state index in [1.807, 2.05) is 36.4 Å². The minimum absolute atomic E-state index is 0.237. The largest absolute Gasteiger partial charge is 0.491 e. The molecule has 0 aliphatic carbocycles. The van der Waals surface area contributed by atoms with Gasteiger partial charge in [0.25, 0.3) is 0 Å². The fraction of sp³-hybridized carbons (Fsp3) is 0.200. The van der Waals surface area contributed by atoms with E-state index in [2.05, 4.69) is 46.4 Å². The predicted molar refractivity (Wildman–Crippen MR) is 143 cm³/mol. The average Bonchev–Trinajstić information content (AvgIpc) is 3.29. The minimum atomic E-state index is -0.251. The van der Waals surface area contributed by atoms with Gasteiger partial charge in [-0.15, -0.1) is 0 Å². The van der Waals surface area contributed by atoms with Gasteiger partial charge in [-0.1, -0.05) is 48.5 Å². The van der Waals surface area contributed by atoms with Crippen molar-refractivity contribution in [2.45, 2.75) is 26.3 Å². The molecular formula is C30H30N2O4. The maximum atomic E-state index is 12.6. The number of aromatic nitrogens is 1. The molecule has 6 heteroatoms. The number of benzene rings is 3. The summed E-state index contributed by atoms with van der Waals surface area (Å²) >= 11 is 0. The second kappa shape index (κ2) is 12.4. The van der Waals surface area contributed by atoms with Crippen molar-refractivity contribution in [1.29, 1.82) is 0 Å². The van der Waals surface area contributed by atoms with Gasteiger partial charge in [-0.2, -0.15) is 0 Å². The Bertz CT molecular complexity index is 1340. The highest BCUT2D eigenvalue weighted by Crippen LogP contribution is 2.24. The summed E-state index contributed by atoms with van der Waals surface area (Å²) in [5.74, 6) is 0.0716. The van der Waals surface area contributed by atoms with Crippen LogP contribution in [0.25, 0.3) is 17.0 Å². The van der Waals surface area contributed by atoms with Crippen LogP contribution in [-0.2, 0) is 20.9 Å². The van der Waals surface area contributed by atoms with Crippen molar-refractivity contribution in [2.24, 2.45) is 0 Å². The highest BCUT2D eigenvalue weighted by Gasteiger charge is 2.07. The Labute approximate surface area is 211 Å². The third-order valence-electron chi connectivity index (χ3n) is 5.65. The van der Waals surface area contributed by atoms with Crippen LogP contribution in [0.5, 0.6) is 5.75 Å². The molecule has 0 atom stereocenters. The first-order valence-electron chi connectivity index (χ1n) is 12.1. The molecule has 6 nitrogen and oxygen atoms in total. The Morgan fingerprint density at radius 1 is 0.972 bits per heavy atom. The van der Waals surface area contributed by atoms with Gasteiger partial charge in [0.2, 0.25) is 5.91 Å². The molecule has 36 heavy (non-hydrogen) atoms. The number of hydrogen-bond acceptors (Lipinski definition) is 4. The predicted octanol–water partition coefficient (Wildman–Crippen LogP) is 6.06. The molecule has 1 aromatic heterocycles. The molecule has 184 valence electrons. The van der Waals surface area contributed by atoms with Crippen LogP contribution in [0.2, 0.25) is 0 Å². The number of esters is 1. The van der Waals surface area contributed by atoms with Gasteiger partial charge in [-0.05, 0) is 60.9 Å². The fourth-order valence-electron chi connectivity index (χ4n) is 3.91. The van der Waals surface area contributed by atoms with Gasteiger partial charge in [0.15, 0.2) is 0 Å². The lowest BCUT2D eigenvalue weighted by Gasteiger charge is -2.11. The monoisotopic (exact) mass is 482 g/mol. The van der Waals surface area contributed by atoms with Gasteiger partial charge < -0.3 is 19.4 Å². The van der Waals surface area contributed by atoms with Crippen LogP contribution in [-0.4, -0.2) is 29.7 Å². The maximum Gasteiger partial charge on any atom is 0.305 e. The summed E-state index contributed by atoms with van der Waals surface area (Å²) in [6.07, 6.45) is 6.23. The number of carbonyl (C=O) groups is 2. The molecule has 0 fully saturated rings.